The molecule has 3 rings (SSSR count). The van der Waals surface area contributed by atoms with Gasteiger partial charge in [0.2, 0.25) is 0 Å². The van der Waals surface area contributed by atoms with E-state index in [2.05, 4.69) is 0 Å². The van der Waals surface area contributed by atoms with Crippen LogP contribution in [0.4, 0.5) is 13.2 Å². The highest BCUT2D eigenvalue weighted by molar-refractivity contribution is 7.16. The molecular formula is C18H15F3O4S. The number of fused-ring (bicyclic) bond motifs is 1. The summed E-state index contributed by atoms with van der Waals surface area (Å²) in [6.45, 7) is 1.89. The number of rotatable bonds is 4. The van der Waals surface area contributed by atoms with Crippen LogP contribution in [0.25, 0.3) is 0 Å². The molecule has 0 saturated carbocycles. The molecule has 1 aromatic carbocycles. The second-order valence-electron chi connectivity index (χ2n) is 5.69. The largest absolute Gasteiger partial charge is 0.462 e. The van der Waals surface area contributed by atoms with Crippen LogP contribution in [0.3, 0.4) is 0 Å². The molecule has 0 fully saturated rings. The van der Waals surface area contributed by atoms with E-state index in [-0.39, 0.29) is 23.2 Å². The Kier molecular flexibility index (Phi) is 5.04. The summed E-state index contributed by atoms with van der Waals surface area (Å²) in [5.74, 6) is -0.499. The van der Waals surface area contributed by atoms with Crippen molar-refractivity contribution in [1.29, 1.82) is 0 Å². The molecule has 1 aliphatic rings. The fourth-order valence-corrected chi connectivity index (χ4v) is 3.90. The van der Waals surface area contributed by atoms with Crippen LogP contribution >= 0.6 is 11.3 Å². The Balaban J connectivity index is 1.95. The molecule has 0 amide bonds. The molecule has 4 nitrogen and oxygen atoms in total. The van der Waals surface area contributed by atoms with Crippen LogP contribution < -0.4 is 4.74 Å². The quantitative estimate of drug-likeness (QED) is 0.675. The Morgan fingerprint density at radius 2 is 1.88 bits per heavy atom. The summed E-state index contributed by atoms with van der Waals surface area (Å²) < 4.78 is 48.6. The lowest BCUT2D eigenvalue weighted by Crippen LogP contribution is -2.13. The van der Waals surface area contributed by atoms with Gasteiger partial charge < -0.3 is 9.47 Å². The van der Waals surface area contributed by atoms with E-state index in [9.17, 15) is 22.8 Å². The average Bonchev–Trinajstić information content (AvgIpc) is 2.95. The van der Waals surface area contributed by atoms with Gasteiger partial charge >= 0.3 is 12.1 Å². The number of hydrogen-bond donors (Lipinski definition) is 0. The van der Waals surface area contributed by atoms with Crippen molar-refractivity contribution in [2.75, 3.05) is 6.61 Å². The molecular weight excluding hydrogens is 369 g/mol. The minimum atomic E-state index is -4.44. The molecule has 0 bridgehead atoms. The summed E-state index contributed by atoms with van der Waals surface area (Å²) >= 11 is 0.992. The van der Waals surface area contributed by atoms with Crippen LogP contribution in [0.5, 0.6) is 10.8 Å². The van der Waals surface area contributed by atoms with Gasteiger partial charge in [-0.15, -0.1) is 0 Å². The molecule has 8 heteroatoms. The number of carbonyl (C=O) groups is 2. The van der Waals surface area contributed by atoms with Gasteiger partial charge in [0.15, 0.2) is 10.8 Å². The average molecular weight is 384 g/mol. The standard InChI is InChI=1S/C18H15F3O4S/c1-2-24-16(23)15-12-4-3-5-13(22)14(12)17(26-15)25-11-8-6-10(7-9-11)18(19,20)21/h6-9H,2-5H2,1H3. The molecule has 0 atom stereocenters. The first-order chi connectivity index (χ1) is 12.3. The lowest BCUT2D eigenvalue weighted by molar-refractivity contribution is -0.137. The van der Waals surface area contributed by atoms with Gasteiger partial charge in [-0.05, 0) is 49.6 Å². The van der Waals surface area contributed by atoms with E-state index in [0.717, 1.165) is 23.5 Å². The fraction of sp³-hybridized carbons (Fsp3) is 0.333. The van der Waals surface area contributed by atoms with E-state index in [1.807, 2.05) is 0 Å². The highest BCUT2D eigenvalue weighted by atomic mass is 32.1. The van der Waals surface area contributed by atoms with Crippen LogP contribution in [0.1, 0.15) is 50.9 Å². The Morgan fingerprint density at radius 3 is 2.50 bits per heavy atom. The molecule has 0 saturated heterocycles. The fourth-order valence-electron chi connectivity index (χ4n) is 2.77. The molecule has 138 valence electrons. The highest BCUT2D eigenvalue weighted by Crippen LogP contribution is 2.42. The first kappa shape index (κ1) is 18.4. The van der Waals surface area contributed by atoms with Crippen molar-refractivity contribution in [3.63, 3.8) is 0 Å². The molecule has 0 aliphatic heterocycles. The van der Waals surface area contributed by atoms with Gasteiger partial charge in [-0.2, -0.15) is 13.2 Å². The van der Waals surface area contributed by atoms with Gasteiger partial charge in [0.1, 0.15) is 10.6 Å². The van der Waals surface area contributed by atoms with Crippen molar-refractivity contribution >= 4 is 23.1 Å². The second kappa shape index (κ2) is 7.11. The number of alkyl halides is 3. The molecule has 0 spiro atoms. The zero-order chi connectivity index (χ0) is 18.9. The molecule has 0 N–H and O–H groups in total. The first-order valence-corrected chi connectivity index (χ1v) is 8.84. The van der Waals surface area contributed by atoms with E-state index in [1.165, 1.54) is 12.1 Å². The van der Waals surface area contributed by atoms with Gasteiger partial charge in [0.05, 0.1) is 17.7 Å². The predicted octanol–water partition coefficient (Wildman–Crippen LogP) is 5.25. The molecule has 1 heterocycles. The van der Waals surface area contributed by atoms with Crippen molar-refractivity contribution in [3.8, 4) is 10.8 Å². The first-order valence-electron chi connectivity index (χ1n) is 8.02. The zero-order valence-electron chi connectivity index (χ0n) is 13.8. The number of Topliss-reactive ketones (excluding diaryl/α,β-unsaturated/α-hetero) is 1. The predicted molar refractivity (Wildman–Crippen MR) is 89.1 cm³/mol. The number of ether oxygens (including phenoxy) is 2. The summed E-state index contributed by atoms with van der Waals surface area (Å²) in [6, 6.07) is 4.19. The van der Waals surface area contributed by atoms with Crippen molar-refractivity contribution in [3.05, 3.63) is 45.8 Å². The SMILES string of the molecule is CCOC(=O)c1sc(Oc2ccc(C(F)(F)F)cc2)c2c1CCCC2=O. The smallest absolute Gasteiger partial charge is 0.416 e. The van der Waals surface area contributed by atoms with Crippen molar-refractivity contribution in [2.45, 2.75) is 32.4 Å². The monoisotopic (exact) mass is 384 g/mol. The summed E-state index contributed by atoms with van der Waals surface area (Å²) in [5, 5.41) is 0.215. The highest BCUT2D eigenvalue weighted by Gasteiger charge is 2.32. The number of esters is 1. The Hall–Kier alpha value is -2.35. The number of ketones is 1. The van der Waals surface area contributed by atoms with Gasteiger partial charge in [0, 0.05) is 6.42 Å². The van der Waals surface area contributed by atoms with Gasteiger partial charge in [-0.1, -0.05) is 11.3 Å². The summed E-state index contributed by atoms with van der Waals surface area (Å²) in [5.41, 5.74) is 0.150. The minimum Gasteiger partial charge on any atom is -0.462 e. The second-order valence-corrected chi connectivity index (χ2v) is 6.68. The maximum absolute atomic E-state index is 12.7. The Labute approximate surface area is 151 Å². The number of halogens is 3. The van der Waals surface area contributed by atoms with E-state index < -0.39 is 17.7 Å². The number of thiophene rings is 1. The summed E-state index contributed by atoms with van der Waals surface area (Å²) in [6.07, 6.45) is -2.90. The van der Waals surface area contributed by atoms with Gasteiger partial charge in [-0.3, -0.25) is 4.79 Å². The molecule has 2 aromatic rings. The van der Waals surface area contributed by atoms with Crippen LogP contribution in [0.15, 0.2) is 24.3 Å². The number of benzene rings is 1. The summed E-state index contributed by atoms with van der Waals surface area (Å²) in [4.78, 5) is 24.8. The van der Waals surface area contributed by atoms with Crippen LogP contribution in [-0.4, -0.2) is 18.4 Å². The van der Waals surface area contributed by atoms with Crippen LogP contribution in [-0.2, 0) is 17.3 Å². The van der Waals surface area contributed by atoms with Gasteiger partial charge in [0.25, 0.3) is 0 Å². The number of hydrogen-bond acceptors (Lipinski definition) is 5. The Morgan fingerprint density at radius 1 is 1.19 bits per heavy atom. The normalized spacial score (nSPS) is 14.1. The third-order valence-corrected chi connectivity index (χ3v) is 5.03. The maximum Gasteiger partial charge on any atom is 0.416 e. The molecule has 1 aliphatic carbocycles. The topological polar surface area (TPSA) is 52.6 Å². The third kappa shape index (κ3) is 3.60. The van der Waals surface area contributed by atoms with E-state index in [1.54, 1.807) is 6.92 Å². The van der Waals surface area contributed by atoms with Crippen LogP contribution in [0.2, 0.25) is 0 Å². The van der Waals surface area contributed by atoms with E-state index >= 15 is 0 Å². The van der Waals surface area contributed by atoms with Crippen molar-refractivity contribution in [1.82, 2.24) is 0 Å². The van der Waals surface area contributed by atoms with E-state index in [4.69, 9.17) is 9.47 Å². The molecule has 26 heavy (non-hydrogen) atoms. The molecule has 0 radical (unpaired) electrons. The lowest BCUT2D eigenvalue weighted by Gasteiger charge is -2.13. The zero-order valence-corrected chi connectivity index (χ0v) is 14.6. The number of carbonyl (C=O) groups excluding carboxylic acids is 2. The van der Waals surface area contributed by atoms with Gasteiger partial charge in [-0.25, -0.2) is 4.79 Å². The minimum absolute atomic E-state index is 0.139. The van der Waals surface area contributed by atoms with E-state index in [0.29, 0.717) is 35.3 Å². The van der Waals surface area contributed by atoms with Crippen LogP contribution in [0, 0.1) is 0 Å². The van der Waals surface area contributed by atoms with Crippen molar-refractivity contribution < 1.29 is 32.2 Å². The Bertz CT molecular complexity index is 837. The lowest BCUT2D eigenvalue weighted by atomic mass is 9.92. The molecule has 1 aromatic heterocycles. The third-order valence-electron chi connectivity index (χ3n) is 3.94. The summed E-state index contributed by atoms with van der Waals surface area (Å²) in [7, 11) is 0. The van der Waals surface area contributed by atoms with Crippen molar-refractivity contribution in [2.24, 2.45) is 0 Å². The maximum atomic E-state index is 12.7. The molecule has 0 unspecified atom stereocenters.